The average Bonchev–Trinajstić information content (AvgIpc) is 2.88. The molecule has 2 rings (SSSR count). The number of ether oxygens (including phenoxy) is 1. The van der Waals surface area contributed by atoms with Crippen molar-refractivity contribution in [3.63, 3.8) is 0 Å². The maximum atomic E-state index is 13.0. The summed E-state index contributed by atoms with van der Waals surface area (Å²) in [6, 6.07) is 3.82. The van der Waals surface area contributed by atoms with E-state index in [0.717, 1.165) is 9.21 Å². The Kier molecular flexibility index (Phi) is 5.22. The first-order valence-electron chi connectivity index (χ1n) is 7.70. The maximum Gasteiger partial charge on any atom is 0.243 e. The molecule has 0 aromatic carbocycles. The summed E-state index contributed by atoms with van der Waals surface area (Å²) in [5.41, 5.74) is 5.27. The fourth-order valence-corrected chi connectivity index (χ4v) is 4.14. The van der Waals surface area contributed by atoms with E-state index in [0.29, 0.717) is 26.1 Å². The molecule has 2 atom stereocenters. The summed E-state index contributed by atoms with van der Waals surface area (Å²) in [4.78, 5) is 15.9. The molecule has 1 heterocycles. The van der Waals surface area contributed by atoms with Crippen molar-refractivity contribution in [2.75, 3.05) is 13.2 Å². The molecule has 1 aliphatic carbocycles. The molecule has 1 fully saturated rings. The number of hydrogen-bond donors (Lipinski definition) is 1. The van der Waals surface area contributed by atoms with Crippen LogP contribution in [0.3, 0.4) is 0 Å². The Hall–Kier alpha value is -0.620. The van der Waals surface area contributed by atoms with E-state index in [4.69, 9.17) is 22.1 Å². The van der Waals surface area contributed by atoms with E-state index in [-0.39, 0.29) is 17.4 Å². The SMILES string of the molecule is CCOC1CC(N)(C(=O)N(CC)Cc2ccc(Cl)s2)C1(C)C. The van der Waals surface area contributed by atoms with Crippen LogP contribution in [0.4, 0.5) is 0 Å². The highest BCUT2D eigenvalue weighted by Gasteiger charge is 2.63. The standard InChI is InChI=1S/C16H25ClN2O2S/c1-5-19(10-11-7-8-13(17)22-11)14(20)16(18)9-12(21-6-2)15(16,3)4/h7-8,12H,5-6,9-10,18H2,1-4H3. The Balaban J connectivity index is 2.11. The van der Waals surface area contributed by atoms with Crippen molar-refractivity contribution in [1.29, 1.82) is 0 Å². The van der Waals surface area contributed by atoms with Gasteiger partial charge in [0.05, 0.1) is 17.0 Å². The van der Waals surface area contributed by atoms with Gasteiger partial charge in [0.1, 0.15) is 5.54 Å². The largest absolute Gasteiger partial charge is 0.378 e. The first-order valence-corrected chi connectivity index (χ1v) is 8.89. The number of likely N-dealkylation sites (N-methyl/N-ethyl adjacent to an activating group) is 1. The second kappa shape index (κ2) is 6.48. The second-order valence-corrected chi connectivity index (χ2v) is 8.17. The van der Waals surface area contributed by atoms with Gasteiger partial charge in [0.15, 0.2) is 0 Å². The highest BCUT2D eigenvalue weighted by Crippen LogP contribution is 2.50. The quantitative estimate of drug-likeness (QED) is 0.861. The molecule has 0 aliphatic heterocycles. The van der Waals surface area contributed by atoms with E-state index in [1.807, 2.05) is 44.7 Å². The number of nitrogens with two attached hydrogens (primary N) is 1. The first-order chi connectivity index (χ1) is 10.3. The van der Waals surface area contributed by atoms with Crippen LogP contribution in [-0.4, -0.2) is 35.6 Å². The number of rotatable bonds is 6. The molecule has 6 heteroatoms. The van der Waals surface area contributed by atoms with Gasteiger partial charge in [0, 0.05) is 29.9 Å². The third kappa shape index (κ3) is 2.92. The molecule has 2 N–H and O–H groups in total. The van der Waals surface area contributed by atoms with Crippen LogP contribution < -0.4 is 5.73 Å². The summed E-state index contributed by atoms with van der Waals surface area (Å²) in [7, 11) is 0. The van der Waals surface area contributed by atoms with Crippen LogP contribution in [0.2, 0.25) is 4.34 Å². The van der Waals surface area contributed by atoms with Crippen molar-refractivity contribution in [2.45, 2.75) is 52.3 Å². The van der Waals surface area contributed by atoms with Gasteiger partial charge in [-0.25, -0.2) is 0 Å². The van der Waals surface area contributed by atoms with Crippen molar-refractivity contribution in [3.05, 3.63) is 21.3 Å². The van der Waals surface area contributed by atoms with E-state index >= 15 is 0 Å². The summed E-state index contributed by atoms with van der Waals surface area (Å²) in [6.45, 7) is 9.80. The number of thiophene rings is 1. The fourth-order valence-electron chi connectivity index (χ4n) is 3.03. The van der Waals surface area contributed by atoms with Crippen LogP contribution in [0.15, 0.2) is 12.1 Å². The van der Waals surface area contributed by atoms with E-state index in [1.54, 1.807) is 0 Å². The molecule has 4 nitrogen and oxygen atoms in total. The molecule has 124 valence electrons. The van der Waals surface area contributed by atoms with Crippen LogP contribution in [-0.2, 0) is 16.1 Å². The predicted molar refractivity (Wildman–Crippen MR) is 91.2 cm³/mol. The molecule has 1 amide bonds. The predicted octanol–water partition coefficient (Wildman–Crippen LogP) is 3.28. The summed E-state index contributed by atoms with van der Waals surface area (Å²) in [5.74, 6) is 0.000440. The third-order valence-corrected chi connectivity index (χ3v) is 6.07. The lowest BCUT2D eigenvalue weighted by molar-refractivity contribution is -0.179. The average molecular weight is 345 g/mol. The van der Waals surface area contributed by atoms with Crippen molar-refractivity contribution in [3.8, 4) is 0 Å². The lowest BCUT2D eigenvalue weighted by Gasteiger charge is -2.58. The minimum Gasteiger partial charge on any atom is -0.378 e. The van der Waals surface area contributed by atoms with Crippen LogP contribution in [0.5, 0.6) is 0 Å². The lowest BCUT2D eigenvalue weighted by atomic mass is 9.54. The van der Waals surface area contributed by atoms with Gasteiger partial charge in [-0.15, -0.1) is 11.3 Å². The molecule has 22 heavy (non-hydrogen) atoms. The lowest BCUT2D eigenvalue weighted by Crippen LogP contribution is -2.76. The second-order valence-electron chi connectivity index (χ2n) is 6.37. The summed E-state index contributed by atoms with van der Waals surface area (Å²) in [5, 5.41) is 0. The Bertz CT molecular complexity index is 546. The summed E-state index contributed by atoms with van der Waals surface area (Å²) in [6.07, 6.45) is 0.621. The van der Waals surface area contributed by atoms with Crippen LogP contribution >= 0.6 is 22.9 Å². The van der Waals surface area contributed by atoms with Crippen molar-refractivity contribution in [2.24, 2.45) is 11.1 Å². The van der Waals surface area contributed by atoms with Crippen molar-refractivity contribution >= 4 is 28.8 Å². The van der Waals surface area contributed by atoms with Crippen molar-refractivity contribution < 1.29 is 9.53 Å². The normalized spacial score (nSPS) is 26.5. The smallest absolute Gasteiger partial charge is 0.243 e. The van der Waals surface area contributed by atoms with Gasteiger partial charge in [0.2, 0.25) is 5.91 Å². The topological polar surface area (TPSA) is 55.6 Å². The zero-order chi connectivity index (χ0) is 16.5. The molecule has 1 aromatic heterocycles. The Labute approximate surface area is 141 Å². The minimum absolute atomic E-state index is 0.000440. The van der Waals surface area contributed by atoms with Gasteiger partial charge in [-0.05, 0) is 26.0 Å². The van der Waals surface area contributed by atoms with Crippen LogP contribution in [0.25, 0.3) is 0 Å². The monoisotopic (exact) mass is 344 g/mol. The Morgan fingerprint density at radius 3 is 2.64 bits per heavy atom. The molecular formula is C16H25ClN2O2S. The van der Waals surface area contributed by atoms with E-state index in [2.05, 4.69) is 0 Å². The molecule has 0 spiro atoms. The van der Waals surface area contributed by atoms with Gasteiger partial charge in [0.25, 0.3) is 0 Å². The number of amides is 1. The van der Waals surface area contributed by atoms with Gasteiger partial charge < -0.3 is 15.4 Å². The maximum absolute atomic E-state index is 13.0. The number of nitrogens with zero attached hydrogens (tertiary/aromatic N) is 1. The first kappa shape index (κ1) is 17.7. The molecule has 2 unspecified atom stereocenters. The fraction of sp³-hybridized carbons (Fsp3) is 0.688. The third-order valence-electron chi connectivity index (χ3n) is 4.86. The Morgan fingerprint density at radius 1 is 1.50 bits per heavy atom. The Morgan fingerprint density at radius 2 is 2.18 bits per heavy atom. The van der Waals surface area contributed by atoms with E-state index in [9.17, 15) is 4.79 Å². The zero-order valence-electron chi connectivity index (χ0n) is 13.7. The molecular weight excluding hydrogens is 320 g/mol. The minimum atomic E-state index is -0.857. The molecule has 1 aliphatic rings. The molecule has 0 bridgehead atoms. The molecule has 0 saturated heterocycles. The number of hydrogen-bond acceptors (Lipinski definition) is 4. The van der Waals surface area contributed by atoms with Crippen LogP contribution in [0, 0.1) is 5.41 Å². The van der Waals surface area contributed by atoms with Gasteiger partial charge >= 0.3 is 0 Å². The van der Waals surface area contributed by atoms with Crippen LogP contribution in [0.1, 0.15) is 39.0 Å². The van der Waals surface area contributed by atoms with Crippen molar-refractivity contribution in [1.82, 2.24) is 4.90 Å². The highest BCUT2D eigenvalue weighted by atomic mass is 35.5. The molecule has 1 saturated carbocycles. The van der Waals surface area contributed by atoms with Gasteiger partial charge in [-0.2, -0.15) is 0 Å². The van der Waals surface area contributed by atoms with E-state index < -0.39 is 5.54 Å². The zero-order valence-corrected chi connectivity index (χ0v) is 15.3. The van der Waals surface area contributed by atoms with Gasteiger partial charge in [-0.1, -0.05) is 25.4 Å². The molecule has 1 aromatic rings. The summed E-state index contributed by atoms with van der Waals surface area (Å²) < 4.78 is 6.44. The van der Waals surface area contributed by atoms with Gasteiger partial charge in [-0.3, -0.25) is 4.79 Å². The number of carbonyl (C=O) groups excluding carboxylic acids is 1. The summed E-state index contributed by atoms with van der Waals surface area (Å²) >= 11 is 7.47. The number of carbonyl (C=O) groups is 1. The van der Waals surface area contributed by atoms with E-state index in [1.165, 1.54) is 11.3 Å². The highest BCUT2D eigenvalue weighted by molar-refractivity contribution is 7.16. The molecule has 0 radical (unpaired) electrons. The number of halogens is 1.